The highest BCUT2D eigenvalue weighted by atomic mass is 79.9. The van der Waals surface area contributed by atoms with Crippen LogP contribution in [0.25, 0.3) is 0 Å². The molecule has 0 fully saturated rings. The van der Waals surface area contributed by atoms with Gasteiger partial charge in [0.25, 0.3) is 0 Å². The molecule has 94 valence electrons. The summed E-state index contributed by atoms with van der Waals surface area (Å²) in [7, 11) is 0. The number of halogens is 1. The van der Waals surface area contributed by atoms with Crippen molar-refractivity contribution in [3.05, 3.63) is 51.9 Å². The third kappa shape index (κ3) is 3.53. The molecule has 18 heavy (non-hydrogen) atoms. The fraction of sp³-hybridized carbons (Fsp3) is 0.286. The van der Waals surface area contributed by atoms with Gasteiger partial charge in [0, 0.05) is 22.7 Å². The van der Waals surface area contributed by atoms with E-state index in [0.717, 1.165) is 28.8 Å². The maximum atomic E-state index is 5.81. The van der Waals surface area contributed by atoms with Gasteiger partial charge in [-0.3, -0.25) is 0 Å². The van der Waals surface area contributed by atoms with Crippen molar-refractivity contribution >= 4 is 21.7 Å². The first-order valence-electron chi connectivity index (χ1n) is 6.04. The van der Waals surface area contributed by atoms with Gasteiger partial charge >= 0.3 is 0 Å². The van der Waals surface area contributed by atoms with Crippen molar-refractivity contribution in [1.29, 1.82) is 0 Å². The minimum atomic E-state index is 0.554. The number of aromatic nitrogens is 2. The number of nitrogens with two attached hydrogens (primary N) is 1. The Morgan fingerprint density at radius 2 is 2.06 bits per heavy atom. The third-order valence-electron chi connectivity index (χ3n) is 2.60. The van der Waals surface area contributed by atoms with Gasteiger partial charge in [0.05, 0.1) is 0 Å². The second kappa shape index (κ2) is 5.96. The van der Waals surface area contributed by atoms with Crippen molar-refractivity contribution in [1.82, 2.24) is 9.97 Å². The average Bonchev–Trinajstić information content (AvgIpc) is 2.28. The third-order valence-corrected chi connectivity index (χ3v) is 3.10. The first-order chi connectivity index (χ1) is 8.67. The van der Waals surface area contributed by atoms with Crippen molar-refractivity contribution in [2.45, 2.75) is 26.2 Å². The summed E-state index contributed by atoms with van der Waals surface area (Å²) in [6, 6.07) is 10.0. The summed E-state index contributed by atoms with van der Waals surface area (Å²) in [5, 5.41) is 0. The van der Waals surface area contributed by atoms with Crippen LogP contribution in [0.2, 0.25) is 0 Å². The van der Waals surface area contributed by atoms with Gasteiger partial charge in [-0.25, -0.2) is 9.97 Å². The average molecular weight is 306 g/mol. The van der Waals surface area contributed by atoms with E-state index in [-0.39, 0.29) is 0 Å². The standard InChI is InChI=1S/C14H16BrN3/c1-2-4-12-9-13(16)18-14(17-12)8-10-5-3-6-11(15)7-10/h3,5-7,9H,2,4,8H2,1H3,(H2,16,17,18). The second-order valence-electron chi connectivity index (χ2n) is 4.26. The van der Waals surface area contributed by atoms with E-state index in [1.165, 1.54) is 5.56 Å². The number of hydrogen-bond acceptors (Lipinski definition) is 3. The Labute approximate surface area is 116 Å². The Morgan fingerprint density at radius 1 is 1.22 bits per heavy atom. The maximum Gasteiger partial charge on any atom is 0.135 e. The van der Waals surface area contributed by atoms with Crippen LogP contribution in [-0.4, -0.2) is 9.97 Å². The van der Waals surface area contributed by atoms with Gasteiger partial charge < -0.3 is 5.73 Å². The van der Waals surface area contributed by atoms with Gasteiger partial charge in [-0.15, -0.1) is 0 Å². The zero-order chi connectivity index (χ0) is 13.0. The van der Waals surface area contributed by atoms with Crippen molar-refractivity contribution in [2.24, 2.45) is 0 Å². The predicted octanol–water partition coefficient (Wildman–Crippen LogP) is 3.36. The molecule has 0 radical (unpaired) electrons. The highest BCUT2D eigenvalue weighted by Crippen LogP contribution is 2.15. The number of anilines is 1. The SMILES string of the molecule is CCCc1cc(N)nc(Cc2cccc(Br)c2)n1. The summed E-state index contributed by atoms with van der Waals surface area (Å²) in [6.07, 6.45) is 2.71. The minimum absolute atomic E-state index is 0.554. The van der Waals surface area contributed by atoms with Crippen LogP contribution in [0.3, 0.4) is 0 Å². The van der Waals surface area contributed by atoms with Crippen molar-refractivity contribution in [3.63, 3.8) is 0 Å². The minimum Gasteiger partial charge on any atom is -0.384 e. The van der Waals surface area contributed by atoms with Gasteiger partial charge in [-0.05, 0) is 24.1 Å². The first kappa shape index (κ1) is 13.0. The molecule has 0 unspecified atom stereocenters. The van der Waals surface area contributed by atoms with E-state index >= 15 is 0 Å². The molecule has 0 atom stereocenters. The van der Waals surface area contributed by atoms with Gasteiger partial charge in [-0.2, -0.15) is 0 Å². The molecule has 3 nitrogen and oxygen atoms in total. The molecule has 0 amide bonds. The van der Waals surface area contributed by atoms with Crippen molar-refractivity contribution < 1.29 is 0 Å². The molecule has 1 heterocycles. The summed E-state index contributed by atoms with van der Waals surface area (Å²) < 4.78 is 1.07. The molecule has 0 spiro atoms. The largest absolute Gasteiger partial charge is 0.384 e. The quantitative estimate of drug-likeness (QED) is 0.942. The molecule has 0 saturated carbocycles. The summed E-state index contributed by atoms with van der Waals surface area (Å²) in [5.41, 5.74) is 8.01. The Morgan fingerprint density at radius 3 is 2.78 bits per heavy atom. The van der Waals surface area contributed by atoms with Gasteiger partial charge in [-0.1, -0.05) is 41.4 Å². The molecule has 0 saturated heterocycles. The Bertz CT molecular complexity index is 540. The number of rotatable bonds is 4. The van der Waals surface area contributed by atoms with E-state index in [1.54, 1.807) is 0 Å². The normalized spacial score (nSPS) is 10.6. The monoisotopic (exact) mass is 305 g/mol. The molecule has 1 aromatic carbocycles. The van der Waals surface area contributed by atoms with Gasteiger partial charge in [0.15, 0.2) is 0 Å². The molecule has 0 aliphatic rings. The van der Waals surface area contributed by atoms with Gasteiger partial charge in [0.2, 0.25) is 0 Å². The fourth-order valence-corrected chi connectivity index (χ4v) is 2.31. The topological polar surface area (TPSA) is 51.8 Å². The van der Waals surface area contributed by atoms with E-state index in [2.05, 4.69) is 45.0 Å². The smallest absolute Gasteiger partial charge is 0.135 e. The Kier molecular flexibility index (Phi) is 4.31. The van der Waals surface area contributed by atoms with Crippen LogP contribution < -0.4 is 5.73 Å². The summed E-state index contributed by atoms with van der Waals surface area (Å²) >= 11 is 3.46. The van der Waals surface area contributed by atoms with Crippen LogP contribution in [-0.2, 0) is 12.8 Å². The molecule has 1 aromatic heterocycles. The molecule has 4 heteroatoms. The lowest BCUT2D eigenvalue weighted by Gasteiger charge is -2.05. The molecule has 2 N–H and O–H groups in total. The lowest BCUT2D eigenvalue weighted by molar-refractivity contribution is 0.844. The lowest BCUT2D eigenvalue weighted by Crippen LogP contribution is -2.04. The fourth-order valence-electron chi connectivity index (χ4n) is 1.87. The zero-order valence-corrected chi connectivity index (χ0v) is 11.9. The zero-order valence-electron chi connectivity index (χ0n) is 10.4. The molecule has 0 bridgehead atoms. The Hall–Kier alpha value is -1.42. The molecule has 2 aromatic rings. The van der Waals surface area contributed by atoms with E-state index in [1.807, 2.05) is 18.2 Å². The Balaban J connectivity index is 2.23. The highest BCUT2D eigenvalue weighted by molar-refractivity contribution is 9.10. The van der Waals surface area contributed by atoms with Gasteiger partial charge in [0.1, 0.15) is 11.6 Å². The van der Waals surface area contributed by atoms with Crippen molar-refractivity contribution in [2.75, 3.05) is 5.73 Å². The molecule has 2 rings (SSSR count). The number of nitrogens with zero attached hydrogens (tertiary/aromatic N) is 2. The number of aryl methyl sites for hydroxylation is 1. The second-order valence-corrected chi connectivity index (χ2v) is 5.17. The summed E-state index contributed by atoms with van der Waals surface area (Å²) in [5.74, 6) is 1.34. The summed E-state index contributed by atoms with van der Waals surface area (Å²) in [4.78, 5) is 8.83. The molecular weight excluding hydrogens is 290 g/mol. The van der Waals surface area contributed by atoms with E-state index < -0.39 is 0 Å². The first-order valence-corrected chi connectivity index (χ1v) is 6.83. The van der Waals surface area contributed by atoms with E-state index in [9.17, 15) is 0 Å². The van der Waals surface area contributed by atoms with Crippen LogP contribution in [0, 0.1) is 0 Å². The van der Waals surface area contributed by atoms with E-state index in [0.29, 0.717) is 12.2 Å². The van der Waals surface area contributed by atoms with Crippen LogP contribution >= 0.6 is 15.9 Å². The highest BCUT2D eigenvalue weighted by Gasteiger charge is 2.04. The lowest BCUT2D eigenvalue weighted by atomic mass is 10.1. The number of hydrogen-bond donors (Lipinski definition) is 1. The van der Waals surface area contributed by atoms with Crippen LogP contribution in [0.15, 0.2) is 34.8 Å². The predicted molar refractivity (Wildman–Crippen MR) is 77.4 cm³/mol. The van der Waals surface area contributed by atoms with Crippen LogP contribution in [0.5, 0.6) is 0 Å². The van der Waals surface area contributed by atoms with Crippen molar-refractivity contribution in [3.8, 4) is 0 Å². The maximum absolute atomic E-state index is 5.81. The van der Waals surface area contributed by atoms with Crippen LogP contribution in [0.1, 0.15) is 30.4 Å². The number of benzene rings is 1. The molecule has 0 aliphatic carbocycles. The molecular formula is C14H16BrN3. The molecule has 0 aliphatic heterocycles. The number of nitrogen functional groups attached to an aromatic ring is 1. The van der Waals surface area contributed by atoms with E-state index in [4.69, 9.17) is 5.73 Å². The summed E-state index contributed by atoms with van der Waals surface area (Å²) in [6.45, 7) is 2.13. The van der Waals surface area contributed by atoms with Crippen LogP contribution in [0.4, 0.5) is 5.82 Å².